The third-order valence-corrected chi connectivity index (χ3v) is 3.78. The first-order valence-electron chi connectivity index (χ1n) is 6.67. The molecule has 0 saturated carbocycles. The van der Waals surface area contributed by atoms with E-state index in [-0.39, 0.29) is 11.3 Å². The van der Waals surface area contributed by atoms with Gasteiger partial charge in [0.15, 0.2) is 0 Å². The van der Waals surface area contributed by atoms with Gasteiger partial charge in [-0.25, -0.2) is 0 Å². The van der Waals surface area contributed by atoms with Gasteiger partial charge in [0.2, 0.25) is 5.91 Å². The number of benzene rings is 1. The molecule has 3 nitrogen and oxygen atoms in total. The van der Waals surface area contributed by atoms with E-state index in [9.17, 15) is 4.79 Å². The van der Waals surface area contributed by atoms with Crippen molar-refractivity contribution in [2.45, 2.75) is 31.6 Å². The summed E-state index contributed by atoms with van der Waals surface area (Å²) in [4.78, 5) is 11.5. The Morgan fingerprint density at radius 2 is 1.94 bits per heavy atom. The Kier molecular flexibility index (Phi) is 4.37. The molecule has 1 amide bonds. The van der Waals surface area contributed by atoms with Crippen LogP contribution < -0.4 is 5.32 Å². The second-order valence-corrected chi connectivity index (χ2v) is 4.89. The standard InChI is InChI=1S/C15H21NO2/c1-2-14(17)16-12-15(8-10-18-11-9-15)13-6-4-3-5-7-13/h3-7H,2,8-12H2,1H3,(H,16,17). The normalized spacial score (nSPS) is 18.3. The topological polar surface area (TPSA) is 38.3 Å². The Hall–Kier alpha value is -1.35. The van der Waals surface area contributed by atoms with Crippen LogP contribution in [0.3, 0.4) is 0 Å². The molecule has 0 spiro atoms. The van der Waals surface area contributed by atoms with Gasteiger partial charge in [-0.1, -0.05) is 37.3 Å². The maximum atomic E-state index is 11.5. The molecule has 0 aromatic heterocycles. The van der Waals surface area contributed by atoms with E-state index in [2.05, 4.69) is 29.6 Å². The van der Waals surface area contributed by atoms with Crippen molar-refractivity contribution in [3.8, 4) is 0 Å². The van der Waals surface area contributed by atoms with Gasteiger partial charge in [-0.15, -0.1) is 0 Å². The van der Waals surface area contributed by atoms with Gasteiger partial charge in [0.25, 0.3) is 0 Å². The lowest BCUT2D eigenvalue weighted by molar-refractivity contribution is -0.121. The highest BCUT2D eigenvalue weighted by atomic mass is 16.5. The zero-order valence-electron chi connectivity index (χ0n) is 10.9. The molecule has 1 N–H and O–H groups in total. The second-order valence-electron chi connectivity index (χ2n) is 4.89. The lowest BCUT2D eigenvalue weighted by Gasteiger charge is -2.38. The van der Waals surface area contributed by atoms with Gasteiger partial charge >= 0.3 is 0 Å². The van der Waals surface area contributed by atoms with Crippen LogP contribution in [-0.4, -0.2) is 25.7 Å². The minimum absolute atomic E-state index is 0.0460. The van der Waals surface area contributed by atoms with Crippen molar-refractivity contribution in [1.82, 2.24) is 5.32 Å². The minimum Gasteiger partial charge on any atom is -0.381 e. The third kappa shape index (κ3) is 2.91. The van der Waals surface area contributed by atoms with Gasteiger partial charge in [-0.05, 0) is 18.4 Å². The molecule has 1 aliphatic rings. The fourth-order valence-corrected chi connectivity index (χ4v) is 2.51. The number of carbonyl (C=O) groups is 1. The van der Waals surface area contributed by atoms with Gasteiger partial charge in [-0.2, -0.15) is 0 Å². The lowest BCUT2D eigenvalue weighted by Crippen LogP contribution is -2.44. The maximum Gasteiger partial charge on any atom is 0.219 e. The highest BCUT2D eigenvalue weighted by Crippen LogP contribution is 2.34. The summed E-state index contributed by atoms with van der Waals surface area (Å²) < 4.78 is 5.47. The van der Waals surface area contributed by atoms with Crippen LogP contribution in [0.2, 0.25) is 0 Å². The number of carbonyl (C=O) groups excluding carboxylic acids is 1. The summed E-state index contributed by atoms with van der Waals surface area (Å²) in [5.74, 6) is 0.122. The zero-order chi connectivity index (χ0) is 12.8. The van der Waals surface area contributed by atoms with Crippen LogP contribution in [0.4, 0.5) is 0 Å². The van der Waals surface area contributed by atoms with E-state index < -0.39 is 0 Å². The summed E-state index contributed by atoms with van der Waals surface area (Å²) in [7, 11) is 0. The number of hydrogen-bond donors (Lipinski definition) is 1. The molecule has 1 aromatic carbocycles. The van der Waals surface area contributed by atoms with Gasteiger partial charge in [-0.3, -0.25) is 4.79 Å². The van der Waals surface area contributed by atoms with Crippen LogP contribution >= 0.6 is 0 Å². The van der Waals surface area contributed by atoms with Crippen molar-refractivity contribution < 1.29 is 9.53 Å². The minimum atomic E-state index is 0.0460. The van der Waals surface area contributed by atoms with Crippen molar-refractivity contribution in [2.24, 2.45) is 0 Å². The Labute approximate surface area is 109 Å². The molecule has 1 fully saturated rings. The fourth-order valence-electron chi connectivity index (χ4n) is 2.51. The number of hydrogen-bond acceptors (Lipinski definition) is 2. The third-order valence-electron chi connectivity index (χ3n) is 3.78. The maximum absolute atomic E-state index is 11.5. The van der Waals surface area contributed by atoms with Crippen molar-refractivity contribution in [3.63, 3.8) is 0 Å². The second kappa shape index (κ2) is 6.01. The molecule has 2 rings (SSSR count). The van der Waals surface area contributed by atoms with Gasteiger partial charge < -0.3 is 10.1 Å². The van der Waals surface area contributed by atoms with Crippen LogP contribution in [0.15, 0.2) is 30.3 Å². The fraction of sp³-hybridized carbons (Fsp3) is 0.533. The highest BCUT2D eigenvalue weighted by Gasteiger charge is 2.34. The predicted octanol–water partition coefficient (Wildman–Crippen LogP) is 2.26. The van der Waals surface area contributed by atoms with E-state index in [4.69, 9.17) is 4.74 Å². The average Bonchev–Trinajstić information content (AvgIpc) is 2.46. The molecule has 0 atom stereocenters. The molecule has 0 aliphatic carbocycles. The summed E-state index contributed by atoms with van der Waals surface area (Å²) in [6, 6.07) is 10.5. The number of rotatable bonds is 4. The first-order chi connectivity index (χ1) is 8.77. The monoisotopic (exact) mass is 247 g/mol. The van der Waals surface area contributed by atoms with Crippen LogP contribution in [0, 0.1) is 0 Å². The van der Waals surface area contributed by atoms with Crippen molar-refractivity contribution >= 4 is 5.91 Å². The lowest BCUT2D eigenvalue weighted by atomic mass is 9.74. The molecular weight excluding hydrogens is 226 g/mol. The van der Waals surface area contributed by atoms with E-state index in [1.165, 1.54) is 5.56 Å². The van der Waals surface area contributed by atoms with Crippen molar-refractivity contribution in [2.75, 3.05) is 19.8 Å². The molecule has 3 heteroatoms. The van der Waals surface area contributed by atoms with E-state index in [1.54, 1.807) is 0 Å². The summed E-state index contributed by atoms with van der Waals surface area (Å²) in [6.07, 6.45) is 2.49. The smallest absolute Gasteiger partial charge is 0.219 e. The molecule has 0 radical (unpaired) electrons. The summed E-state index contributed by atoms with van der Waals surface area (Å²) >= 11 is 0. The van der Waals surface area contributed by atoms with Crippen LogP contribution in [0.5, 0.6) is 0 Å². The molecule has 0 unspecified atom stereocenters. The molecule has 98 valence electrons. The van der Waals surface area contributed by atoms with Gasteiger partial charge in [0, 0.05) is 31.6 Å². The molecular formula is C15H21NO2. The number of nitrogens with one attached hydrogen (secondary N) is 1. The largest absolute Gasteiger partial charge is 0.381 e. The molecule has 1 heterocycles. The van der Waals surface area contributed by atoms with E-state index >= 15 is 0 Å². The van der Waals surface area contributed by atoms with Crippen molar-refractivity contribution in [3.05, 3.63) is 35.9 Å². The molecule has 1 saturated heterocycles. The van der Waals surface area contributed by atoms with Crippen LogP contribution in [0.1, 0.15) is 31.7 Å². The summed E-state index contributed by atoms with van der Waals surface area (Å²) in [5, 5.41) is 3.05. The first-order valence-corrected chi connectivity index (χ1v) is 6.67. The zero-order valence-corrected chi connectivity index (χ0v) is 10.9. The predicted molar refractivity (Wildman–Crippen MR) is 71.5 cm³/mol. The first kappa shape index (κ1) is 13.1. The highest BCUT2D eigenvalue weighted by molar-refractivity contribution is 5.75. The Morgan fingerprint density at radius 3 is 2.56 bits per heavy atom. The number of amides is 1. The Balaban J connectivity index is 2.15. The quantitative estimate of drug-likeness (QED) is 0.886. The van der Waals surface area contributed by atoms with E-state index in [0.29, 0.717) is 13.0 Å². The Morgan fingerprint density at radius 1 is 1.28 bits per heavy atom. The summed E-state index contributed by atoms with van der Waals surface area (Å²) in [5.41, 5.74) is 1.36. The van der Waals surface area contributed by atoms with Crippen molar-refractivity contribution in [1.29, 1.82) is 0 Å². The van der Waals surface area contributed by atoms with E-state index in [0.717, 1.165) is 26.1 Å². The molecule has 1 aromatic rings. The van der Waals surface area contributed by atoms with E-state index in [1.807, 2.05) is 13.0 Å². The number of ether oxygens (including phenoxy) is 1. The SMILES string of the molecule is CCC(=O)NCC1(c2ccccc2)CCOCC1. The van der Waals surface area contributed by atoms with Crippen LogP contribution in [0.25, 0.3) is 0 Å². The van der Waals surface area contributed by atoms with Gasteiger partial charge in [0.05, 0.1) is 0 Å². The van der Waals surface area contributed by atoms with Crippen LogP contribution in [-0.2, 0) is 14.9 Å². The Bertz CT molecular complexity index is 383. The summed E-state index contributed by atoms with van der Waals surface area (Å²) in [6.45, 7) is 4.15. The average molecular weight is 247 g/mol. The molecule has 0 bridgehead atoms. The van der Waals surface area contributed by atoms with Gasteiger partial charge in [0.1, 0.15) is 0 Å². The molecule has 1 aliphatic heterocycles. The molecule has 18 heavy (non-hydrogen) atoms.